The van der Waals surface area contributed by atoms with Crippen LogP contribution in [0.25, 0.3) is 0 Å². The highest BCUT2D eigenvalue weighted by molar-refractivity contribution is 5.80. The number of phenolic OH excluding ortho intramolecular Hbond substituents is 2. The maximum absolute atomic E-state index is 10.7. The predicted molar refractivity (Wildman–Crippen MR) is 59.7 cm³/mol. The third-order valence-corrected chi connectivity index (χ3v) is 3.00. The molecule has 0 spiro atoms. The smallest absolute Gasteiger partial charge is 0.153 e. The first-order valence-electron chi connectivity index (χ1n) is 5.43. The maximum atomic E-state index is 10.7. The molecular weight excluding hydrogens is 206 g/mol. The van der Waals surface area contributed by atoms with E-state index in [0.717, 1.165) is 25.9 Å². The van der Waals surface area contributed by atoms with E-state index in [2.05, 4.69) is 4.90 Å². The fourth-order valence-electron chi connectivity index (χ4n) is 2.06. The molecule has 2 rings (SSSR count). The van der Waals surface area contributed by atoms with Crippen molar-refractivity contribution < 1.29 is 15.0 Å². The van der Waals surface area contributed by atoms with Gasteiger partial charge in [-0.1, -0.05) is 0 Å². The lowest BCUT2D eigenvalue weighted by molar-refractivity contribution is 0.112. The predicted octanol–water partition coefficient (Wildman–Crippen LogP) is 1.51. The first-order valence-corrected chi connectivity index (χ1v) is 5.43. The van der Waals surface area contributed by atoms with Crippen LogP contribution in [0.3, 0.4) is 0 Å². The Kier molecular flexibility index (Phi) is 3.10. The van der Waals surface area contributed by atoms with E-state index >= 15 is 0 Å². The second-order valence-electron chi connectivity index (χ2n) is 4.10. The van der Waals surface area contributed by atoms with Crippen LogP contribution in [0.2, 0.25) is 0 Å². The molecule has 0 radical (unpaired) electrons. The summed E-state index contributed by atoms with van der Waals surface area (Å²) >= 11 is 0. The second kappa shape index (κ2) is 4.53. The molecule has 1 aliphatic rings. The molecule has 2 N–H and O–H groups in total. The molecule has 1 aliphatic heterocycles. The van der Waals surface area contributed by atoms with Crippen LogP contribution in [0.1, 0.15) is 28.8 Å². The Morgan fingerprint density at radius 1 is 1.25 bits per heavy atom. The van der Waals surface area contributed by atoms with Crippen LogP contribution >= 0.6 is 0 Å². The SMILES string of the molecule is O=Cc1ccc(O)c(CN2CCCC2)c1O. The van der Waals surface area contributed by atoms with Crippen LogP contribution < -0.4 is 0 Å². The van der Waals surface area contributed by atoms with Crippen molar-refractivity contribution in [3.05, 3.63) is 23.3 Å². The standard InChI is InChI=1S/C12H15NO3/c14-8-9-3-4-11(15)10(12(9)16)7-13-5-1-2-6-13/h3-4,8,15-16H,1-2,5-7H2. The van der Waals surface area contributed by atoms with Gasteiger partial charge in [0.05, 0.1) is 11.1 Å². The van der Waals surface area contributed by atoms with E-state index in [1.807, 2.05) is 0 Å². The van der Waals surface area contributed by atoms with Crippen LogP contribution in [0, 0.1) is 0 Å². The number of aldehydes is 1. The van der Waals surface area contributed by atoms with Gasteiger partial charge in [0.1, 0.15) is 11.5 Å². The Hall–Kier alpha value is -1.55. The molecule has 0 unspecified atom stereocenters. The van der Waals surface area contributed by atoms with E-state index in [9.17, 15) is 15.0 Å². The quantitative estimate of drug-likeness (QED) is 0.759. The summed E-state index contributed by atoms with van der Waals surface area (Å²) < 4.78 is 0. The molecule has 0 atom stereocenters. The van der Waals surface area contributed by atoms with Gasteiger partial charge in [0.15, 0.2) is 6.29 Å². The highest BCUT2D eigenvalue weighted by Crippen LogP contribution is 2.31. The van der Waals surface area contributed by atoms with Gasteiger partial charge in [0, 0.05) is 6.54 Å². The van der Waals surface area contributed by atoms with E-state index in [-0.39, 0.29) is 17.1 Å². The minimum Gasteiger partial charge on any atom is -0.507 e. The summed E-state index contributed by atoms with van der Waals surface area (Å²) in [6, 6.07) is 2.88. The van der Waals surface area contributed by atoms with Crippen LogP contribution in [-0.2, 0) is 6.54 Å². The summed E-state index contributed by atoms with van der Waals surface area (Å²) in [6.07, 6.45) is 2.89. The third-order valence-electron chi connectivity index (χ3n) is 3.00. The Balaban J connectivity index is 2.27. The molecule has 1 aromatic carbocycles. The van der Waals surface area contributed by atoms with Gasteiger partial charge < -0.3 is 10.2 Å². The minimum absolute atomic E-state index is 0.0509. The number of phenols is 2. The van der Waals surface area contributed by atoms with Crippen molar-refractivity contribution in [2.75, 3.05) is 13.1 Å². The summed E-state index contributed by atoms with van der Waals surface area (Å²) in [7, 11) is 0. The van der Waals surface area contributed by atoms with Gasteiger partial charge in [-0.3, -0.25) is 9.69 Å². The lowest BCUT2D eigenvalue weighted by Gasteiger charge is -2.17. The van der Waals surface area contributed by atoms with Gasteiger partial charge in [-0.25, -0.2) is 0 Å². The number of hydrogen-bond donors (Lipinski definition) is 2. The molecule has 0 amide bonds. The van der Waals surface area contributed by atoms with Gasteiger partial charge in [-0.2, -0.15) is 0 Å². The van der Waals surface area contributed by atoms with E-state index in [4.69, 9.17) is 0 Å². The second-order valence-corrected chi connectivity index (χ2v) is 4.10. The number of rotatable bonds is 3. The number of likely N-dealkylation sites (tertiary alicyclic amines) is 1. The summed E-state index contributed by atoms with van der Waals surface area (Å²) in [5.74, 6) is -0.0445. The molecular formula is C12H15NO3. The monoisotopic (exact) mass is 221 g/mol. The first kappa shape index (κ1) is 11.0. The van der Waals surface area contributed by atoms with Crippen molar-refractivity contribution in [3.63, 3.8) is 0 Å². The highest BCUT2D eigenvalue weighted by Gasteiger charge is 2.18. The zero-order chi connectivity index (χ0) is 11.5. The van der Waals surface area contributed by atoms with Gasteiger partial charge in [0.2, 0.25) is 0 Å². The molecule has 0 aromatic heterocycles. The van der Waals surface area contributed by atoms with E-state index in [1.165, 1.54) is 12.1 Å². The van der Waals surface area contributed by atoms with E-state index in [0.29, 0.717) is 18.4 Å². The summed E-state index contributed by atoms with van der Waals surface area (Å²) in [5.41, 5.74) is 0.679. The first-order chi connectivity index (χ1) is 7.72. The molecule has 0 bridgehead atoms. The molecule has 16 heavy (non-hydrogen) atoms. The van der Waals surface area contributed by atoms with E-state index in [1.54, 1.807) is 0 Å². The Morgan fingerprint density at radius 2 is 1.94 bits per heavy atom. The summed E-state index contributed by atoms with van der Waals surface area (Å²) in [6.45, 7) is 2.45. The molecule has 1 aromatic rings. The minimum atomic E-state index is -0.0955. The van der Waals surface area contributed by atoms with Crippen LogP contribution in [0.5, 0.6) is 11.5 Å². The molecule has 4 nitrogen and oxygen atoms in total. The number of nitrogens with zero attached hydrogens (tertiary/aromatic N) is 1. The molecule has 0 aliphatic carbocycles. The van der Waals surface area contributed by atoms with Gasteiger partial charge in [0.25, 0.3) is 0 Å². The fourth-order valence-corrected chi connectivity index (χ4v) is 2.06. The lowest BCUT2D eigenvalue weighted by atomic mass is 10.1. The lowest BCUT2D eigenvalue weighted by Crippen LogP contribution is -2.18. The van der Waals surface area contributed by atoms with Crippen molar-refractivity contribution in [2.24, 2.45) is 0 Å². The highest BCUT2D eigenvalue weighted by atomic mass is 16.3. The topological polar surface area (TPSA) is 60.8 Å². The average Bonchev–Trinajstić information content (AvgIpc) is 2.77. The molecule has 1 fully saturated rings. The number of carbonyl (C=O) groups excluding carboxylic acids is 1. The summed E-state index contributed by atoms with van der Waals surface area (Å²) in [5, 5.41) is 19.5. The van der Waals surface area contributed by atoms with Crippen LogP contribution in [0.4, 0.5) is 0 Å². The maximum Gasteiger partial charge on any atom is 0.153 e. The van der Waals surface area contributed by atoms with Gasteiger partial charge in [-0.05, 0) is 38.1 Å². The number of carbonyl (C=O) groups is 1. The van der Waals surface area contributed by atoms with Crippen molar-refractivity contribution in [1.29, 1.82) is 0 Å². The van der Waals surface area contributed by atoms with Gasteiger partial charge in [-0.15, -0.1) is 0 Å². The van der Waals surface area contributed by atoms with Crippen molar-refractivity contribution in [1.82, 2.24) is 4.90 Å². The Morgan fingerprint density at radius 3 is 2.56 bits per heavy atom. The van der Waals surface area contributed by atoms with Crippen LogP contribution in [0.15, 0.2) is 12.1 Å². The molecule has 1 saturated heterocycles. The van der Waals surface area contributed by atoms with Gasteiger partial charge >= 0.3 is 0 Å². The normalized spacial score (nSPS) is 16.5. The fraction of sp³-hybridized carbons (Fsp3) is 0.417. The molecule has 4 heteroatoms. The Bertz CT molecular complexity index is 397. The van der Waals surface area contributed by atoms with Crippen molar-refractivity contribution >= 4 is 6.29 Å². The summed E-state index contributed by atoms with van der Waals surface area (Å²) in [4.78, 5) is 12.8. The van der Waals surface area contributed by atoms with Crippen LogP contribution in [-0.4, -0.2) is 34.5 Å². The Labute approximate surface area is 94.1 Å². The number of aromatic hydroxyl groups is 2. The molecule has 86 valence electrons. The zero-order valence-corrected chi connectivity index (χ0v) is 9.02. The molecule has 1 heterocycles. The largest absolute Gasteiger partial charge is 0.507 e. The van der Waals surface area contributed by atoms with E-state index < -0.39 is 0 Å². The number of benzene rings is 1. The zero-order valence-electron chi connectivity index (χ0n) is 9.02. The average molecular weight is 221 g/mol. The third kappa shape index (κ3) is 2.02. The molecule has 0 saturated carbocycles. The van der Waals surface area contributed by atoms with Crippen molar-refractivity contribution in [3.8, 4) is 11.5 Å². The van der Waals surface area contributed by atoms with Crippen molar-refractivity contribution in [2.45, 2.75) is 19.4 Å². The number of hydrogen-bond acceptors (Lipinski definition) is 4.